The Balaban J connectivity index is 1.31. The first-order valence-electron chi connectivity index (χ1n) is 12.4. The third-order valence-electron chi connectivity index (χ3n) is 6.29. The van der Waals surface area contributed by atoms with Crippen LogP contribution in [0.2, 0.25) is 0 Å². The SMILES string of the molecule is CCOc1ccc(NC(=O)C[C@@H]2SC(N3N=C(c4ccc(F)cc4)C[C@@H]3c3ccc(C)cc3)=NC2=O)cc1. The van der Waals surface area contributed by atoms with Gasteiger partial charge in [-0.15, -0.1) is 0 Å². The van der Waals surface area contributed by atoms with E-state index in [0.29, 0.717) is 23.9 Å². The molecule has 0 aliphatic carbocycles. The molecule has 3 aromatic rings. The molecule has 0 aromatic heterocycles. The highest BCUT2D eigenvalue weighted by molar-refractivity contribution is 8.15. The lowest BCUT2D eigenvalue weighted by Gasteiger charge is -2.23. The fourth-order valence-electron chi connectivity index (χ4n) is 4.34. The highest BCUT2D eigenvalue weighted by Crippen LogP contribution is 2.38. The van der Waals surface area contributed by atoms with Crippen molar-refractivity contribution in [2.24, 2.45) is 10.1 Å². The van der Waals surface area contributed by atoms with Gasteiger partial charge in [-0.2, -0.15) is 10.1 Å². The van der Waals surface area contributed by atoms with Gasteiger partial charge in [0.05, 0.1) is 18.4 Å². The molecule has 1 N–H and O–H groups in total. The van der Waals surface area contributed by atoms with Gasteiger partial charge >= 0.3 is 0 Å². The number of hydrogen-bond donors (Lipinski definition) is 1. The highest BCUT2D eigenvalue weighted by atomic mass is 32.2. The average molecular weight is 531 g/mol. The van der Waals surface area contributed by atoms with Gasteiger partial charge in [0.25, 0.3) is 5.91 Å². The summed E-state index contributed by atoms with van der Waals surface area (Å²) in [6.45, 7) is 4.49. The molecule has 194 valence electrons. The van der Waals surface area contributed by atoms with Crippen molar-refractivity contribution in [2.45, 2.75) is 38.0 Å². The maximum Gasteiger partial charge on any atom is 0.262 e. The summed E-state index contributed by atoms with van der Waals surface area (Å²) >= 11 is 1.24. The van der Waals surface area contributed by atoms with Crippen molar-refractivity contribution in [3.05, 3.63) is 95.3 Å². The zero-order chi connectivity index (χ0) is 26.6. The zero-order valence-corrected chi connectivity index (χ0v) is 21.9. The number of benzene rings is 3. The van der Waals surface area contributed by atoms with Gasteiger partial charge in [-0.1, -0.05) is 53.7 Å². The van der Waals surface area contributed by atoms with Crippen LogP contribution in [-0.4, -0.2) is 39.6 Å². The van der Waals surface area contributed by atoms with Gasteiger partial charge in [0.2, 0.25) is 5.91 Å². The molecule has 3 aromatic carbocycles. The Morgan fingerprint density at radius 1 is 1.08 bits per heavy atom. The molecule has 2 heterocycles. The van der Waals surface area contributed by atoms with Crippen LogP contribution in [0.5, 0.6) is 5.75 Å². The second-order valence-corrected chi connectivity index (χ2v) is 10.2. The number of amides is 2. The number of thioether (sulfide) groups is 1. The van der Waals surface area contributed by atoms with Crippen LogP contribution in [0.25, 0.3) is 0 Å². The minimum Gasteiger partial charge on any atom is -0.494 e. The second kappa shape index (κ2) is 11.2. The first-order chi connectivity index (χ1) is 18.4. The first-order valence-corrected chi connectivity index (χ1v) is 13.3. The van der Waals surface area contributed by atoms with Crippen molar-refractivity contribution in [1.29, 1.82) is 0 Å². The molecule has 0 spiro atoms. The topological polar surface area (TPSA) is 83.4 Å². The Morgan fingerprint density at radius 2 is 1.79 bits per heavy atom. The van der Waals surface area contributed by atoms with Crippen LogP contribution in [0.3, 0.4) is 0 Å². The Labute approximate surface area is 224 Å². The summed E-state index contributed by atoms with van der Waals surface area (Å²) in [4.78, 5) is 29.8. The van der Waals surface area contributed by atoms with E-state index in [1.807, 2.05) is 38.1 Å². The van der Waals surface area contributed by atoms with Crippen molar-refractivity contribution >= 4 is 40.1 Å². The van der Waals surface area contributed by atoms with E-state index >= 15 is 0 Å². The summed E-state index contributed by atoms with van der Waals surface area (Å²) in [5, 5.41) is 9.21. The fourth-order valence-corrected chi connectivity index (χ4v) is 5.40. The van der Waals surface area contributed by atoms with Gasteiger partial charge in [-0.25, -0.2) is 9.40 Å². The van der Waals surface area contributed by atoms with Crippen molar-refractivity contribution in [1.82, 2.24) is 5.01 Å². The molecule has 0 fully saturated rings. The van der Waals surface area contributed by atoms with Crippen molar-refractivity contribution in [2.75, 3.05) is 11.9 Å². The van der Waals surface area contributed by atoms with Crippen LogP contribution in [0.1, 0.15) is 42.5 Å². The largest absolute Gasteiger partial charge is 0.494 e. The lowest BCUT2D eigenvalue weighted by molar-refractivity contribution is -0.121. The number of halogens is 1. The predicted octanol–water partition coefficient (Wildman–Crippen LogP) is 5.71. The molecule has 2 atom stereocenters. The Hall–Kier alpha value is -3.98. The molecule has 9 heteroatoms. The number of hydrogen-bond acceptors (Lipinski definition) is 6. The zero-order valence-electron chi connectivity index (χ0n) is 21.1. The molecule has 0 bridgehead atoms. The third-order valence-corrected chi connectivity index (χ3v) is 7.44. The Kier molecular flexibility index (Phi) is 7.55. The van der Waals surface area contributed by atoms with Crippen molar-refractivity contribution < 1.29 is 18.7 Å². The minimum absolute atomic E-state index is 0.0126. The van der Waals surface area contributed by atoms with Crippen LogP contribution in [0.15, 0.2) is 82.9 Å². The number of nitrogens with one attached hydrogen (secondary N) is 1. The van der Waals surface area contributed by atoms with Gasteiger partial charge in [-0.05, 0) is 61.4 Å². The van der Waals surface area contributed by atoms with E-state index < -0.39 is 5.25 Å². The molecular formula is C29H27FN4O3S. The lowest BCUT2D eigenvalue weighted by atomic mass is 9.98. The second-order valence-electron chi connectivity index (χ2n) is 9.08. The van der Waals surface area contributed by atoms with Gasteiger partial charge in [0, 0.05) is 18.5 Å². The molecule has 38 heavy (non-hydrogen) atoms. The quantitative estimate of drug-likeness (QED) is 0.423. The Bertz CT molecular complexity index is 1390. The molecule has 0 saturated heterocycles. The fraction of sp³-hybridized carbons (Fsp3) is 0.241. The normalized spacial score (nSPS) is 18.8. The molecule has 5 rings (SSSR count). The highest BCUT2D eigenvalue weighted by Gasteiger charge is 2.39. The third kappa shape index (κ3) is 5.78. The maximum absolute atomic E-state index is 13.5. The number of carbonyl (C=O) groups is 2. The van der Waals surface area contributed by atoms with Crippen LogP contribution in [-0.2, 0) is 9.59 Å². The summed E-state index contributed by atoms with van der Waals surface area (Å²) in [5.74, 6) is -0.227. The molecule has 0 unspecified atom stereocenters. The van der Waals surface area contributed by atoms with E-state index in [-0.39, 0.29) is 30.1 Å². The number of carbonyl (C=O) groups excluding carboxylic acids is 2. The summed E-state index contributed by atoms with van der Waals surface area (Å²) in [7, 11) is 0. The van der Waals surface area contributed by atoms with Gasteiger partial charge in [0.15, 0.2) is 5.17 Å². The van der Waals surface area contributed by atoms with Gasteiger partial charge in [-0.3, -0.25) is 9.59 Å². The smallest absolute Gasteiger partial charge is 0.262 e. The van der Waals surface area contributed by atoms with Gasteiger partial charge in [0.1, 0.15) is 16.8 Å². The van der Waals surface area contributed by atoms with E-state index in [4.69, 9.17) is 9.84 Å². The lowest BCUT2D eigenvalue weighted by Crippen LogP contribution is -2.25. The molecule has 2 amide bonds. The number of anilines is 1. The van der Waals surface area contributed by atoms with E-state index in [9.17, 15) is 14.0 Å². The van der Waals surface area contributed by atoms with Crippen LogP contribution in [0.4, 0.5) is 10.1 Å². The minimum atomic E-state index is -0.642. The number of rotatable bonds is 7. The monoisotopic (exact) mass is 530 g/mol. The molecule has 2 aliphatic rings. The number of amidine groups is 1. The number of hydrazone groups is 1. The molecular weight excluding hydrogens is 503 g/mol. The van der Waals surface area contributed by atoms with E-state index in [0.717, 1.165) is 28.2 Å². The van der Waals surface area contributed by atoms with Crippen molar-refractivity contribution in [3.63, 3.8) is 0 Å². The number of ether oxygens (including phenoxy) is 1. The molecule has 2 aliphatic heterocycles. The number of aliphatic imine (C=N–C) groups is 1. The summed E-state index contributed by atoms with van der Waals surface area (Å²) in [5.41, 5.74) is 4.39. The van der Waals surface area contributed by atoms with E-state index in [1.165, 1.54) is 23.9 Å². The molecule has 7 nitrogen and oxygen atoms in total. The summed E-state index contributed by atoms with van der Waals surface area (Å²) < 4.78 is 18.9. The number of nitrogens with zero attached hydrogens (tertiary/aromatic N) is 3. The van der Waals surface area contributed by atoms with E-state index in [1.54, 1.807) is 41.4 Å². The maximum atomic E-state index is 13.5. The van der Waals surface area contributed by atoms with Crippen LogP contribution in [0, 0.1) is 12.7 Å². The number of aryl methyl sites for hydroxylation is 1. The summed E-state index contributed by atoms with van der Waals surface area (Å²) in [6.07, 6.45) is 0.562. The van der Waals surface area contributed by atoms with E-state index in [2.05, 4.69) is 10.3 Å². The Morgan fingerprint density at radius 3 is 2.47 bits per heavy atom. The predicted molar refractivity (Wildman–Crippen MR) is 148 cm³/mol. The first kappa shape index (κ1) is 25.7. The standard InChI is InChI=1S/C29H27FN4O3S/c1-3-37-23-14-12-22(13-15-23)31-27(35)17-26-28(36)32-29(38-26)34-25(20-6-4-18(2)5-7-20)16-24(33-34)19-8-10-21(30)11-9-19/h4-15,25-26H,3,16-17H2,1-2H3,(H,31,35)/t25-,26+/m1/s1. The van der Waals surface area contributed by atoms with Crippen LogP contribution >= 0.6 is 11.8 Å². The molecule has 0 radical (unpaired) electrons. The van der Waals surface area contributed by atoms with Crippen molar-refractivity contribution in [3.8, 4) is 5.75 Å². The average Bonchev–Trinajstić information content (AvgIpc) is 3.50. The van der Waals surface area contributed by atoms with Crippen LogP contribution < -0.4 is 10.1 Å². The summed E-state index contributed by atoms with van der Waals surface area (Å²) in [6, 6.07) is 21.3. The van der Waals surface area contributed by atoms with Gasteiger partial charge < -0.3 is 10.1 Å². The molecule has 0 saturated carbocycles.